The third-order valence-electron chi connectivity index (χ3n) is 2.10. The van der Waals surface area contributed by atoms with E-state index >= 15 is 0 Å². The number of aryl methyl sites for hydroxylation is 1. The minimum atomic E-state index is 1.37. The number of halogens is 1. The molecule has 0 nitrogen and oxygen atoms in total. The Balaban J connectivity index is 2.59. The van der Waals surface area contributed by atoms with Gasteiger partial charge in [0, 0.05) is 18.9 Å². The molecule has 0 unspecified atom stereocenters. The molecular formula is C10H9IS2. The van der Waals surface area contributed by atoms with Crippen molar-refractivity contribution in [2.75, 3.05) is 0 Å². The Kier molecular flexibility index (Phi) is 2.76. The van der Waals surface area contributed by atoms with E-state index in [9.17, 15) is 0 Å². The summed E-state index contributed by atoms with van der Waals surface area (Å²) in [7, 11) is 0. The molecule has 0 aromatic carbocycles. The molecule has 0 aliphatic rings. The lowest BCUT2D eigenvalue weighted by Gasteiger charge is -1.93. The minimum Gasteiger partial charge on any atom is -0.152 e. The molecular weight excluding hydrogens is 311 g/mol. The van der Waals surface area contributed by atoms with Gasteiger partial charge in [-0.1, -0.05) is 0 Å². The summed E-state index contributed by atoms with van der Waals surface area (Å²) in [4.78, 5) is 2.86. The third-order valence-corrected chi connectivity index (χ3v) is 5.75. The van der Waals surface area contributed by atoms with Gasteiger partial charge in [0.15, 0.2) is 0 Å². The fourth-order valence-electron chi connectivity index (χ4n) is 1.18. The highest BCUT2D eigenvalue weighted by Gasteiger charge is 2.11. The Morgan fingerprint density at radius 2 is 2.08 bits per heavy atom. The van der Waals surface area contributed by atoms with Crippen LogP contribution in [0.5, 0.6) is 0 Å². The number of rotatable bonds is 1. The molecule has 0 aliphatic carbocycles. The summed E-state index contributed by atoms with van der Waals surface area (Å²) in [6.07, 6.45) is 0. The fraction of sp³-hybridized carbons (Fsp3) is 0.200. The van der Waals surface area contributed by atoms with Crippen LogP contribution in [0.15, 0.2) is 16.8 Å². The summed E-state index contributed by atoms with van der Waals surface area (Å²) in [6, 6.07) is 2.19. The molecule has 0 radical (unpaired) electrons. The lowest BCUT2D eigenvalue weighted by Crippen LogP contribution is -1.74. The fourth-order valence-corrected chi connectivity index (χ4v) is 4.18. The lowest BCUT2D eigenvalue weighted by molar-refractivity contribution is 1.41. The predicted molar refractivity (Wildman–Crippen MR) is 69.8 cm³/mol. The highest BCUT2D eigenvalue weighted by atomic mass is 127. The van der Waals surface area contributed by atoms with Crippen LogP contribution in [0, 0.1) is 17.4 Å². The minimum absolute atomic E-state index is 1.37. The molecule has 68 valence electrons. The largest absolute Gasteiger partial charge is 0.152 e. The van der Waals surface area contributed by atoms with Gasteiger partial charge in [0.05, 0.1) is 0 Å². The van der Waals surface area contributed by atoms with Gasteiger partial charge in [-0.05, 0) is 58.8 Å². The van der Waals surface area contributed by atoms with Gasteiger partial charge in [-0.3, -0.25) is 0 Å². The van der Waals surface area contributed by atoms with Crippen LogP contribution >= 0.6 is 45.3 Å². The second kappa shape index (κ2) is 3.71. The quantitative estimate of drug-likeness (QED) is 0.668. The molecule has 0 fully saturated rings. The van der Waals surface area contributed by atoms with E-state index in [1.807, 2.05) is 11.3 Å². The van der Waals surface area contributed by atoms with Crippen LogP contribution < -0.4 is 0 Å². The maximum absolute atomic E-state index is 2.44. The van der Waals surface area contributed by atoms with Gasteiger partial charge in [-0.25, -0.2) is 0 Å². The standard InChI is InChI=1S/C10H9IS2/c1-6-7(2)13-10(9(6)11)8-3-4-12-5-8/h3-5H,1-2H3. The van der Waals surface area contributed by atoms with Gasteiger partial charge in [-0.15, -0.1) is 11.3 Å². The summed E-state index contributed by atoms with van der Waals surface area (Å²) in [5, 5.41) is 4.35. The smallest absolute Gasteiger partial charge is 0.0490 e. The molecule has 2 aromatic rings. The Morgan fingerprint density at radius 3 is 2.54 bits per heavy atom. The SMILES string of the molecule is Cc1sc(-c2ccsc2)c(I)c1C. The number of hydrogen-bond donors (Lipinski definition) is 0. The van der Waals surface area contributed by atoms with Gasteiger partial charge >= 0.3 is 0 Å². The van der Waals surface area contributed by atoms with E-state index in [4.69, 9.17) is 0 Å². The first-order valence-electron chi connectivity index (χ1n) is 3.98. The summed E-state index contributed by atoms with van der Waals surface area (Å²) >= 11 is 6.10. The van der Waals surface area contributed by atoms with Crippen LogP contribution in [0.4, 0.5) is 0 Å². The monoisotopic (exact) mass is 320 g/mol. The van der Waals surface area contributed by atoms with Crippen molar-refractivity contribution in [2.45, 2.75) is 13.8 Å². The first-order valence-corrected chi connectivity index (χ1v) is 6.82. The summed E-state index contributed by atoms with van der Waals surface area (Å²) in [6.45, 7) is 4.39. The van der Waals surface area contributed by atoms with Crippen molar-refractivity contribution in [3.63, 3.8) is 0 Å². The van der Waals surface area contributed by atoms with E-state index in [1.54, 1.807) is 11.3 Å². The lowest BCUT2D eigenvalue weighted by atomic mass is 10.2. The zero-order chi connectivity index (χ0) is 9.42. The molecule has 0 saturated carbocycles. The van der Waals surface area contributed by atoms with Crippen LogP contribution in [0.25, 0.3) is 10.4 Å². The van der Waals surface area contributed by atoms with Crippen molar-refractivity contribution in [2.24, 2.45) is 0 Å². The third kappa shape index (κ3) is 1.69. The van der Waals surface area contributed by atoms with Crippen LogP contribution in [-0.2, 0) is 0 Å². The van der Waals surface area contributed by atoms with Crippen molar-refractivity contribution in [1.29, 1.82) is 0 Å². The van der Waals surface area contributed by atoms with E-state index in [2.05, 4.69) is 53.3 Å². The maximum Gasteiger partial charge on any atom is 0.0490 e. The Bertz CT molecular complexity index is 412. The molecule has 0 atom stereocenters. The van der Waals surface area contributed by atoms with Gasteiger partial charge in [0.25, 0.3) is 0 Å². The summed E-state index contributed by atoms with van der Waals surface area (Å²) in [5.41, 5.74) is 2.81. The average molecular weight is 320 g/mol. The van der Waals surface area contributed by atoms with Gasteiger partial charge in [0.2, 0.25) is 0 Å². The van der Waals surface area contributed by atoms with E-state index in [-0.39, 0.29) is 0 Å². The van der Waals surface area contributed by atoms with Crippen molar-refractivity contribution in [1.82, 2.24) is 0 Å². The van der Waals surface area contributed by atoms with E-state index in [0.29, 0.717) is 0 Å². The maximum atomic E-state index is 2.44. The topological polar surface area (TPSA) is 0 Å². The van der Waals surface area contributed by atoms with Crippen LogP contribution in [-0.4, -0.2) is 0 Å². The molecule has 3 heteroatoms. The molecule has 0 spiro atoms. The molecule has 0 amide bonds. The molecule has 2 aromatic heterocycles. The number of thiophene rings is 2. The van der Waals surface area contributed by atoms with Crippen molar-refractivity contribution < 1.29 is 0 Å². The first kappa shape index (κ1) is 9.68. The normalized spacial score (nSPS) is 10.7. The Hall–Kier alpha value is 0.130. The van der Waals surface area contributed by atoms with E-state index in [0.717, 1.165) is 0 Å². The van der Waals surface area contributed by atoms with Gasteiger partial charge in [0.1, 0.15) is 0 Å². The van der Waals surface area contributed by atoms with E-state index < -0.39 is 0 Å². The predicted octanol–water partition coefficient (Wildman–Crippen LogP) is 4.70. The molecule has 0 N–H and O–H groups in total. The molecule has 0 aliphatic heterocycles. The first-order chi connectivity index (χ1) is 6.20. The van der Waals surface area contributed by atoms with Crippen LogP contribution in [0.1, 0.15) is 10.4 Å². The van der Waals surface area contributed by atoms with Gasteiger partial charge < -0.3 is 0 Å². The van der Waals surface area contributed by atoms with Crippen molar-refractivity contribution in [3.05, 3.63) is 30.8 Å². The summed E-state index contributed by atoms with van der Waals surface area (Å²) in [5.74, 6) is 0. The number of hydrogen-bond acceptors (Lipinski definition) is 2. The molecule has 2 heterocycles. The Morgan fingerprint density at radius 1 is 1.31 bits per heavy atom. The van der Waals surface area contributed by atoms with Gasteiger partial charge in [-0.2, -0.15) is 11.3 Å². The molecule has 13 heavy (non-hydrogen) atoms. The molecule has 0 bridgehead atoms. The molecule has 0 saturated heterocycles. The zero-order valence-electron chi connectivity index (χ0n) is 7.43. The second-order valence-corrected chi connectivity index (χ2v) is 6.02. The highest BCUT2D eigenvalue weighted by Crippen LogP contribution is 2.37. The molecule has 2 rings (SSSR count). The van der Waals surface area contributed by atoms with Crippen LogP contribution in [0.2, 0.25) is 0 Å². The van der Waals surface area contributed by atoms with Crippen LogP contribution in [0.3, 0.4) is 0 Å². The van der Waals surface area contributed by atoms with Crippen molar-refractivity contribution >= 4 is 45.3 Å². The van der Waals surface area contributed by atoms with Crippen molar-refractivity contribution in [3.8, 4) is 10.4 Å². The highest BCUT2D eigenvalue weighted by molar-refractivity contribution is 14.1. The Labute approximate surface area is 99.8 Å². The second-order valence-electron chi connectivity index (χ2n) is 2.94. The average Bonchev–Trinajstić information content (AvgIpc) is 2.70. The van der Waals surface area contributed by atoms with E-state index in [1.165, 1.54) is 24.5 Å². The summed E-state index contributed by atoms with van der Waals surface area (Å²) < 4.78 is 1.42. The zero-order valence-corrected chi connectivity index (χ0v) is 11.2.